The molecule has 0 aromatic carbocycles. The predicted octanol–water partition coefficient (Wildman–Crippen LogP) is 3.51. The van der Waals surface area contributed by atoms with E-state index in [1.165, 1.54) is 10.4 Å². The molecule has 0 unspecified atom stereocenters. The van der Waals surface area contributed by atoms with Crippen molar-refractivity contribution in [3.8, 4) is 10.6 Å². The van der Waals surface area contributed by atoms with Crippen LogP contribution in [0.25, 0.3) is 10.6 Å². The van der Waals surface area contributed by atoms with Gasteiger partial charge in [0.1, 0.15) is 11.6 Å². The number of aryl methyl sites for hydroxylation is 2. The van der Waals surface area contributed by atoms with Gasteiger partial charge in [0.25, 0.3) is 0 Å². The Labute approximate surface area is 106 Å². The lowest BCUT2D eigenvalue weighted by molar-refractivity contribution is 0.940. The van der Waals surface area contributed by atoms with E-state index in [-0.39, 0.29) is 0 Å². The van der Waals surface area contributed by atoms with Gasteiger partial charge in [0.05, 0.1) is 10.6 Å². The van der Waals surface area contributed by atoms with Gasteiger partial charge in [-0.25, -0.2) is 9.97 Å². The van der Waals surface area contributed by atoms with Crippen molar-refractivity contribution < 1.29 is 0 Å². The third kappa shape index (κ3) is 2.64. The molecule has 0 bridgehead atoms. The van der Waals surface area contributed by atoms with Crippen LogP contribution in [0.5, 0.6) is 0 Å². The summed E-state index contributed by atoms with van der Waals surface area (Å²) < 4.78 is 0. The van der Waals surface area contributed by atoms with Crippen molar-refractivity contribution in [2.45, 2.75) is 27.2 Å². The van der Waals surface area contributed by atoms with E-state index in [0.717, 1.165) is 30.3 Å². The second-order valence-electron chi connectivity index (χ2n) is 3.87. The fourth-order valence-corrected chi connectivity index (χ4v) is 2.57. The van der Waals surface area contributed by atoms with Crippen LogP contribution >= 0.6 is 11.3 Å². The maximum absolute atomic E-state index is 4.60. The first-order valence-corrected chi connectivity index (χ1v) is 6.78. The second kappa shape index (κ2) is 5.27. The molecule has 0 amide bonds. The van der Waals surface area contributed by atoms with E-state index in [1.54, 1.807) is 11.3 Å². The number of aromatic nitrogens is 2. The van der Waals surface area contributed by atoms with Gasteiger partial charge in [0, 0.05) is 19.0 Å². The lowest BCUT2D eigenvalue weighted by atomic mass is 10.2. The molecular weight excluding hydrogens is 230 g/mol. The monoisotopic (exact) mass is 247 g/mol. The first kappa shape index (κ1) is 12.0. The van der Waals surface area contributed by atoms with Crippen LogP contribution in [-0.2, 0) is 6.42 Å². The molecule has 0 atom stereocenters. The molecule has 1 N–H and O–H groups in total. The van der Waals surface area contributed by atoms with E-state index in [2.05, 4.69) is 47.5 Å². The summed E-state index contributed by atoms with van der Waals surface area (Å²) in [5, 5.41) is 5.36. The molecule has 0 fully saturated rings. The summed E-state index contributed by atoms with van der Waals surface area (Å²) in [5.41, 5.74) is 2.30. The van der Waals surface area contributed by atoms with Gasteiger partial charge in [-0.3, -0.25) is 0 Å². The summed E-state index contributed by atoms with van der Waals surface area (Å²) in [4.78, 5) is 10.3. The lowest BCUT2D eigenvalue weighted by Gasteiger charge is -2.07. The molecule has 0 radical (unpaired) electrons. The highest BCUT2D eigenvalue weighted by atomic mass is 32.1. The van der Waals surface area contributed by atoms with Crippen LogP contribution in [-0.4, -0.2) is 16.5 Å². The molecular formula is C13H17N3S. The molecule has 2 aromatic heterocycles. The zero-order valence-corrected chi connectivity index (χ0v) is 11.3. The van der Waals surface area contributed by atoms with E-state index in [4.69, 9.17) is 0 Å². The minimum absolute atomic E-state index is 0.858. The Bertz CT molecular complexity index is 505. The molecule has 0 aliphatic rings. The molecule has 0 aliphatic carbocycles. The third-order valence-corrected chi connectivity index (χ3v) is 3.58. The van der Waals surface area contributed by atoms with Crippen molar-refractivity contribution in [3.05, 3.63) is 28.9 Å². The highest BCUT2D eigenvalue weighted by molar-refractivity contribution is 7.13. The molecule has 0 spiro atoms. The summed E-state index contributed by atoms with van der Waals surface area (Å²) in [6, 6.07) is 4.15. The van der Waals surface area contributed by atoms with Crippen LogP contribution in [0.2, 0.25) is 0 Å². The van der Waals surface area contributed by atoms with Crippen LogP contribution in [0.4, 0.5) is 5.82 Å². The summed E-state index contributed by atoms with van der Waals surface area (Å²) in [7, 11) is 0. The number of rotatable bonds is 4. The van der Waals surface area contributed by atoms with Crippen molar-refractivity contribution in [1.82, 2.24) is 9.97 Å². The Balaban J connectivity index is 2.46. The Morgan fingerprint density at radius 3 is 2.71 bits per heavy atom. The van der Waals surface area contributed by atoms with Crippen LogP contribution in [0.15, 0.2) is 17.5 Å². The fraction of sp³-hybridized carbons (Fsp3) is 0.385. The van der Waals surface area contributed by atoms with Crippen molar-refractivity contribution in [1.29, 1.82) is 0 Å². The maximum Gasteiger partial charge on any atom is 0.131 e. The van der Waals surface area contributed by atoms with Crippen LogP contribution in [0.1, 0.15) is 25.2 Å². The third-order valence-electron chi connectivity index (χ3n) is 2.54. The topological polar surface area (TPSA) is 37.8 Å². The van der Waals surface area contributed by atoms with Gasteiger partial charge in [-0.1, -0.05) is 6.92 Å². The van der Waals surface area contributed by atoms with Gasteiger partial charge in [-0.2, -0.15) is 0 Å². The smallest absolute Gasteiger partial charge is 0.131 e. The highest BCUT2D eigenvalue weighted by Crippen LogP contribution is 2.28. The van der Waals surface area contributed by atoms with Crippen molar-refractivity contribution in [3.63, 3.8) is 0 Å². The quantitative estimate of drug-likeness (QED) is 0.898. The zero-order valence-electron chi connectivity index (χ0n) is 10.4. The van der Waals surface area contributed by atoms with E-state index >= 15 is 0 Å². The SMILES string of the molecule is CCNc1cc(-c2sccc2C)nc(CC)n1. The number of hydrogen-bond acceptors (Lipinski definition) is 4. The summed E-state index contributed by atoms with van der Waals surface area (Å²) in [5.74, 6) is 1.81. The molecule has 4 heteroatoms. The van der Waals surface area contributed by atoms with Crippen molar-refractivity contribution in [2.75, 3.05) is 11.9 Å². The Kier molecular flexibility index (Phi) is 3.74. The molecule has 3 nitrogen and oxygen atoms in total. The molecule has 0 saturated heterocycles. The maximum atomic E-state index is 4.60. The first-order valence-electron chi connectivity index (χ1n) is 5.90. The van der Waals surface area contributed by atoms with Crippen LogP contribution < -0.4 is 5.32 Å². The molecule has 0 saturated carbocycles. The fourth-order valence-electron chi connectivity index (χ4n) is 1.68. The summed E-state index contributed by atoms with van der Waals surface area (Å²) >= 11 is 1.73. The van der Waals surface area contributed by atoms with Crippen molar-refractivity contribution in [2.24, 2.45) is 0 Å². The summed E-state index contributed by atoms with van der Waals surface area (Å²) in [6.45, 7) is 7.15. The van der Waals surface area contributed by atoms with Gasteiger partial charge < -0.3 is 5.32 Å². The molecule has 0 aliphatic heterocycles. The number of anilines is 1. The standard InChI is InChI=1S/C13H17N3S/c1-4-11-15-10(8-12(16-11)14-5-2)13-9(3)6-7-17-13/h6-8H,4-5H2,1-3H3,(H,14,15,16). The normalized spacial score (nSPS) is 10.5. The molecule has 2 aromatic rings. The Hall–Kier alpha value is -1.42. The summed E-state index contributed by atoms with van der Waals surface area (Å²) in [6.07, 6.45) is 0.858. The predicted molar refractivity (Wildman–Crippen MR) is 73.6 cm³/mol. The minimum atomic E-state index is 0.858. The Morgan fingerprint density at radius 2 is 2.12 bits per heavy atom. The van der Waals surface area contributed by atoms with Crippen molar-refractivity contribution >= 4 is 17.2 Å². The Morgan fingerprint density at radius 1 is 1.29 bits per heavy atom. The minimum Gasteiger partial charge on any atom is -0.370 e. The molecule has 17 heavy (non-hydrogen) atoms. The largest absolute Gasteiger partial charge is 0.370 e. The van der Waals surface area contributed by atoms with Gasteiger partial charge in [0.2, 0.25) is 0 Å². The van der Waals surface area contributed by atoms with E-state index in [9.17, 15) is 0 Å². The molecule has 2 heterocycles. The average Bonchev–Trinajstić information content (AvgIpc) is 2.75. The first-order chi connectivity index (χ1) is 8.24. The van der Waals surface area contributed by atoms with Gasteiger partial charge >= 0.3 is 0 Å². The number of nitrogens with one attached hydrogen (secondary N) is 1. The number of hydrogen-bond donors (Lipinski definition) is 1. The van der Waals surface area contributed by atoms with Gasteiger partial charge in [0.15, 0.2) is 0 Å². The average molecular weight is 247 g/mol. The number of thiophene rings is 1. The van der Waals surface area contributed by atoms with Crippen LogP contribution in [0, 0.1) is 6.92 Å². The van der Waals surface area contributed by atoms with Gasteiger partial charge in [-0.15, -0.1) is 11.3 Å². The van der Waals surface area contributed by atoms with Gasteiger partial charge in [-0.05, 0) is 30.9 Å². The molecule has 90 valence electrons. The molecule has 2 rings (SSSR count). The van der Waals surface area contributed by atoms with E-state index < -0.39 is 0 Å². The zero-order chi connectivity index (χ0) is 12.3. The second-order valence-corrected chi connectivity index (χ2v) is 4.79. The van der Waals surface area contributed by atoms with Crippen LogP contribution in [0.3, 0.4) is 0 Å². The lowest BCUT2D eigenvalue weighted by Crippen LogP contribution is -2.04. The van der Waals surface area contributed by atoms with E-state index in [0.29, 0.717) is 0 Å². The highest BCUT2D eigenvalue weighted by Gasteiger charge is 2.08. The van der Waals surface area contributed by atoms with E-state index in [1.807, 2.05) is 6.07 Å². The number of nitrogens with zero attached hydrogens (tertiary/aromatic N) is 2.